The lowest BCUT2D eigenvalue weighted by atomic mass is 9.65. The van der Waals surface area contributed by atoms with Gasteiger partial charge < -0.3 is 0 Å². The Morgan fingerprint density at radius 3 is 1.61 bits per heavy atom. The number of benzene rings is 9. The molecular formula is C72H60F2. The molecule has 0 nitrogen and oxygen atoms in total. The molecule has 0 saturated carbocycles. The van der Waals surface area contributed by atoms with Crippen LogP contribution in [0.2, 0.25) is 0 Å². The summed E-state index contributed by atoms with van der Waals surface area (Å²) in [7, 11) is 0. The molecule has 0 amide bonds. The molecule has 1 spiro atoms. The first-order valence-corrected chi connectivity index (χ1v) is 25.9. The number of rotatable bonds is 8. The summed E-state index contributed by atoms with van der Waals surface area (Å²) in [4.78, 5) is 0. The lowest BCUT2D eigenvalue weighted by molar-refractivity contribution is 0.259. The molecule has 0 radical (unpaired) electrons. The summed E-state index contributed by atoms with van der Waals surface area (Å²) in [6.07, 6.45) is 6.85. The van der Waals surface area contributed by atoms with Crippen molar-refractivity contribution in [2.75, 3.05) is 0 Å². The number of allylic oxidation sites excluding steroid dienone is 8. The molecule has 12 rings (SSSR count). The predicted octanol–water partition coefficient (Wildman–Crippen LogP) is 19.2. The Bertz CT molecular complexity index is 3660. The topological polar surface area (TPSA) is 0 Å². The smallest absolute Gasteiger partial charge is 0.130 e. The van der Waals surface area contributed by atoms with E-state index < -0.39 is 11.1 Å². The summed E-state index contributed by atoms with van der Waals surface area (Å²) in [6.45, 7) is 12.5. The number of fused-ring (bicyclic) bond motifs is 7. The Labute approximate surface area is 436 Å². The number of halogens is 2. The third-order valence-corrected chi connectivity index (χ3v) is 15.6. The van der Waals surface area contributed by atoms with E-state index >= 15 is 4.39 Å². The summed E-state index contributed by atoms with van der Waals surface area (Å²) in [5.41, 5.74) is 25.7. The van der Waals surface area contributed by atoms with E-state index in [0.717, 1.165) is 39.8 Å². The van der Waals surface area contributed by atoms with E-state index in [9.17, 15) is 4.39 Å². The van der Waals surface area contributed by atoms with Gasteiger partial charge in [-0.1, -0.05) is 212 Å². The summed E-state index contributed by atoms with van der Waals surface area (Å²) >= 11 is 0. The summed E-state index contributed by atoms with van der Waals surface area (Å²) in [5, 5.41) is 0. The fourth-order valence-corrected chi connectivity index (χ4v) is 11.9. The fourth-order valence-electron chi connectivity index (χ4n) is 11.9. The molecule has 9 aromatic rings. The zero-order valence-electron chi connectivity index (χ0n) is 43.1. The van der Waals surface area contributed by atoms with Crippen molar-refractivity contribution in [2.24, 2.45) is 0 Å². The molecule has 0 aromatic heterocycles. The van der Waals surface area contributed by atoms with E-state index in [4.69, 9.17) is 0 Å². The van der Waals surface area contributed by atoms with Crippen molar-refractivity contribution in [3.05, 3.63) is 309 Å². The van der Waals surface area contributed by atoms with Crippen LogP contribution >= 0.6 is 0 Å². The minimum atomic E-state index is -1.43. The van der Waals surface area contributed by atoms with Gasteiger partial charge in [-0.25, -0.2) is 8.78 Å². The lowest BCUT2D eigenvalue weighted by Crippen LogP contribution is -2.29. The first-order valence-electron chi connectivity index (χ1n) is 25.9. The highest BCUT2D eigenvalue weighted by atomic mass is 19.1. The standard InChI is InChI=1S/C57H44F2.C15H16/c1-37(41-25-28-47(58)29-26-41)54(45-31-33-56(3,59)34-32-45)55-38(2)50-36-46(27-30-53(50)57(55)51-15-9-7-13-48(51)49-14-8-10-16-52(49)57)44-23-19-40(20-24-44)35-39-17-21-43(22-18-39)42-11-5-4-6-12-42;1-11-8-9-15(13(3)10-11)14-7-5-4-6-12(14)2/h4-33,36H,34-35H2,1-3H3;4-10H,1-3H3/b54-37+;. The highest BCUT2D eigenvalue weighted by molar-refractivity contribution is 6.00. The second-order valence-electron chi connectivity index (χ2n) is 20.7. The van der Waals surface area contributed by atoms with Crippen LogP contribution in [0.15, 0.2) is 247 Å². The minimum Gasteiger partial charge on any atom is -0.239 e. The predicted molar refractivity (Wildman–Crippen MR) is 307 cm³/mol. The zero-order chi connectivity index (χ0) is 51.1. The van der Waals surface area contributed by atoms with Crippen molar-refractivity contribution < 1.29 is 8.78 Å². The quantitative estimate of drug-likeness (QED) is 0.142. The van der Waals surface area contributed by atoms with Crippen LogP contribution in [0.1, 0.15) is 82.8 Å². The molecule has 1 atom stereocenters. The second kappa shape index (κ2) is 19.7. The molecule has 362 valence electrons. The molecule has 0 bridgehead atoms. The summed E-state index contributed by atoms with van der Waals surface area (Å²) in [5.74, 6) is -0.273. The Kier molecular flexibility index (Phi) is 12.8. The number of hydrogen-bond donors (Lipinski definition) is 0. The molecule has 2 heteroatoms. The number of aryl methyl sites for hydroxylation is 3. The molecule has 9 aromatic carbocycles. The van der Waals surface area contributed by atoms with Gasteiger partial charge in [0.05, 0.1) is 5.41 Å². The molecule has 1 unspecified atom stereocenters. The van der Waals surface area contributed by atoms with Crippen molar-refractivity contribution in [3.63, 3.8) is 0 Å². The number of hydrogen-bond acceptors (Lipinski definition) is 0. The summed E-state index contributed by atoms with van der Waals surface area (Å²) in [6, 6.07) is 74.9. The van der Waals surface area contributed by atoms with Gasteiger partial charge in [0.15, 0.2) is 0 Å². The van der Waals surface area contributed by atoms with Crippen molar-refractivity contribution in [1.29, 1.82) is 0 Å². The van der Waals surface area contributed by atoms with Crippen LogP contribution in [-0.4, -0.2) is 5.67 Å². The van der Waals surface area contributed by atoms with E-state index in [1.165, 1.54) is 107 Å². The highest BCUT2D eigenvalue weighted by Gasteiger charge is 2.53. The third-order valence-electron chi connectivity index (χ3n) is 15.6. The fraction of sp³-hybridized carbons (Fsp3) is 0.139. The Morgan fingerprint density at radius 2 is 1.01 bits per heavy atom. The first-order chi connectivity index (χ1) is 35.9. The van der Waals surface area contributed by atoms with Gasteiger partial charge in [-0.2, -0.15) is 0 Å². The number of alkyl halides is 1. The largest absolute Gasteiger partial charge is 0.239 e. The van der Waals surface area contributed by atoms with Crippen LogP contribution in [-0.2, 0) is 11.8 Å². The molecule has 74 heavy (non-hydrogen) atoms. The average molecular weight is 963 g/mol. The van der Waals surface area contributed by atoms with Crippen LogP contribution in [0.25, 0.3) is 55.7 Å². The maximum Gasteiger partial charge on any atom is 0.130 e. The molecule has 0 saturated heterocycles. The maximum atomic E-state index is 15.4. The summed E-state index contributed by atoms with van der Waals surface area (Å²) < 4.78 is 29.8. The van der Waals surface area contributed by atoms with Gasteiger partial charge in [0, 0.05) is 6.42 Å². The highest BCUT2D eigenvalue weighted by Crippen LogP contribution is 2.65. The van der Waals surface area contributed by atoms with Crippen LogP contribution < -0.4 is 0 Å². The van der Waals surface area contributed by atoms with Crippen LogP contribution in [0.3, 0.4) is 0 Å². The van der Waals surface area contributed by atoms with Crippen LogP contribution in [0.4, 0.5) is 8.78 Å². The molecule has 0 heterocycles. The van der Waals surface area contributed by atoms with E-state index in [0.29, 0.717) is 0 Å². The lowest BCUT2D eigenvalue weighted by Gasteiger charge is -2.36. The van der Waals surface area contributed by atoms with Gasteiger partial charge in [0.1, 0.15) is 11.5 Å². The SMILES string of the molecule is CC1=C(/C(C2=CCC(C)(F)C=C2)=C(\C)c2ccc(F)cc2)C2(c3ccc(-c4ccc(Cc5ccc(-c6ccccc6)cc5)cc4)cc31)c1ccccc1-c1ccccc12.Cc1ccc(-c2ccccc2C)c(C)c1. The Morgan fingerprint density at radius 1 is 0.486 bits per heavy atom. The van der Waals surface area contributed by atoms with Crippen LogP contribution in [0, 0.1) is 26.6 Å². The van der Waals surface area contributed by atoms with Crippen molar-refractivity contribution >= 4 is 11.1 Å². The van der Waals surface area contributed by atoms with E-state index in [1.807, 2.05) is 24.3 Å². The first kappa shape index (κ1) is 48.1. The van der Waals surface area contributed by atoms with Gasteiger partial charge in [0.25, 0.3) is 0 Å². The van der Waals surface area contributed by atoms with E-state index in [-0.39, 0.29) is 12.2 Å². The molecule has 0 fully saturated rings. The van der Waals surface area contributed by atoms with Gasteiger partial charge >= 0.3 is 0 Å². The Hall–Kier alpha value is -8.20. The molecular weight excluding hydrogens is 903 g/mol. The van der Waals surface area contributed by atoms with Gasteiger partial charge in [-0.05, 0) is 195 Å². The van der Waals surface area contributed by atoms with Gasteiger partial charge in [0.2, 0.25) is 0 Å². The van der Waals surface area contributed by atoms with Crippen molar-refractivity contribution in [2.45, 2.75) is 65.5 Å². The molecule has 3 aliphatic carbocycles. The molecule has 0 aliphatic heterocycles. The Balaban J connectivity index is 0.000000336. The van der Waals surface area contributed by atoms with Gasteiger partial charge in [-0.3, -0.25) is 0 Å². The monoisotopic (exact) mass is 962 g/mol. The maximum absolute atomic E-state index is 15.4. The molecule has 3 aliphatic rings. The second-order valence-corrected chi connectivity index (χ2v) is 20.7. The van der Waals surface area contributed by atoms with Crippen LogP contribution in [0.5, 0.6) is 0 Å². The van der Waals surface area contributed by atoms with Gasteiger partial charge in [-0.15, -0.1) is 0 Å². The van der Waals surface area contributed by atoms with Crippen molar-refractivity contribution in [1.82, 2.24) is 0 Å². The van der Waals surface area contributed by atoms with E-state index in [2.05, 4.69) is 223 Å². The molecule has 0 N–H and O–H groups in total. The zero-order valence-corrected chi connectivity index (χ0v) is 43.1. The minimum absolute atomic E-state index is 0.273. The van der Waals surface area contributed by atoms with E-state index in [1.54, 1.807) is 13.0 Å². The normalized spacial score (nSPS) is 16.2. The third kappa shape index (κ3) is 8.83. The van der Waals surface area contributed by atoms with Crippen molar-refractivity contribution in [3.8, 4) is 44.5 Å². The average Bonchev–Trinajstić information content (AvgIpc) is 3.85.